The molecule has 0 spiro atoms. The van der Waals surface area contributed by atoms with Crippen molar-refractivity contribution in [3.8, 4) is 0 Å². The zero-order valence-electron chi connectivity index (χ0n) is 53.8. The van der Waals surface area contributed by atoms with Gasteiger partial charge in [-0.1, -0.05) is 306 Å². The average Bonchev–Trinajstić information content (AvgIpc) is 3.67. The first kappa shape index (κ1) is 78.4. The van der Waals surface area contributed by atoms with Gasteiger partial charge in [-0.15, -0.1) is 0 Å². The second-order valence-electron chi connectivity index (χ2n) is 24.3. The number of hydrogen-bond acceptors (Lipinski definition) is 10. The molecule has 1 fully saturated rings. The van der Waals surface area contributed by atoms with E-state index in [1.807, 2.05) is 6.08 Å². The van der Waals surface area contributed by atoms with Crippen molar-refractivity contribution in [1.82, 2.24) is 5.32 Å². The normalized spacial score (nSPS) is 18.9. The quantitative estimate of drug-likeness (QED) is 0.0195. The van der Waals surface area contributed by atoms with Crippen LogP contribution in [0.25, 0.3) is 0 Å². The number of amides is 1. The van der Waals surface area contributed by atoms with Crippen LogP contribution < -0.4 is 5.32 Å². The van der Waals surface area contributed by atoms with E-state index in [1.54, 1.807) is 6.08 Å². The van der Waals surface area contributed by atoms with Crippen molar-refractivity contribution < 1.29 is 49.3 Å². The molecule has 1 rings (SSSR count). The molecule has 0 aromatic rings. The Hall–Kier alpha value is -2.64. The maximum atomic E-state index is 13.5. The second kappa shape index (κ2) is 59.7. The minimum absolute atomic E-state index is 0.117. The van der Waals surface area contributed by atoms with Gasteiger partial charge in [-0.05, 0) is 70.6 Å². The predicted molar refractivity (Wildman–Crippen MR) is 347 cm³/mol. The van der Waals surface area contributed by atoms with E-state index in [9.17, 15) is 35.1 Å². The molecule has 1 aliphatic rings. The topological polar surface area (TPSA) is 175 Å². The fourth-order valence-corrected chi connectivity index (χ4v) is 10.9. The summed E-state index contributed by atoms with van der Waals surface area (Å²) in [6, 6.07) is -1.02. The van der Waals surface area contributed by atoms with Crippen molar-refractivity contribution >= 4 is 11.9 Å². The number of aliphatic hydroxyl groups excluding tert-OH is 5. The van der Waals surface area contributed by atoms with Crippen molar-refractivity contribution in [2.24, 2.45) is 0 Å². The van der Waals surface area contributed by atoms with Gasteiger partial charge in [-0.3, -0.25) is 9.59 Å². The Balaban J connectivity index is 2.56. The smallest absolute Gasteiger partial charge is 0.306 e. The van der Waals surface area contributed by atoms with Crippen LogP contribution in [0, 0.1) is 0 Å². The van der Waals surface area contributed by atoms with Gasteiger partial charge < -0.3 is 45.1 Å². The minimum atomic E-state index is -1.62. The fourth-order valence-electron chi connectivity index (χ4n) is 10.9. The Labute approximate surface area is 509 Å². The largest absolute Gasteiger partial charge is 0.454 e. The first-order valence-corrected chi connectivity index (χ1v) is 35.1. The number of hydrogen-bond donors (Lipinski definition) is 6. The third-order valence-corrected chi connectivity index (χ3v) is 16.4. The number of carbonyl (C=O) groups is 2. The number of nitrogens with one attached hydrogen (secondary N) is 1. The summed E-state index contributed by atoms with van der Waals surface area (Å²) in [6.45, 7) is 5.79. The molecular weight excluding hydrogens is 1040 g/mol. The van der Waals surface area contributed by atoms with Crippen molar-refractivity contribution in [3.63, 3.8) is 0 Å². The summed E-state index contributed by atoms with van der Waals surface area (Å²) < 4.78 is 17.7. The van der Waals surface area contributed by atoms with E-state index in [0.29, 0.717) is 19.3 Å². The number of ether oxygens (including phenoxy) is 3. The van der Waals surface area contributed by atoms with E-state index in [-0.39, 0.29) is 13.0 Å². The Morgan fingerprint density at radius 1 is 0.470 bits per heavy atom. The number of allylic oxidation sites excluding steroid dienone is 9. The third kappa shape index (κ3) is 47.2. The van der Waals surface area contributed by atoms with Gasteiger partial charge in [0, 0.05) is 6.42 Å². The number of rotatable bonds is 60. The molecule has 8 unspecified atom stereocenters. The van der Waals surface area contributed by atoms with Crippen LogP contribution in [0.3, 0.4) is 0 Å². The zero-order chi connectivity index (χ0) is 60.3. The molecule has 0 aromatic heterocycles. The Bertz CT molecular complexity index is 1580. The standard InChI is InChI=1S/C72H131NO10/c1-4-7-10-13-16-19-22-24-26-28-30-31-32-33-34-35-36-38-40-42-45-48-51-54-57-60-67(77)83-70-69(79)68(78)66(61-74)82-72(70)81-62-63(64(75)58-55-52-49-46-43-21-18-15-12-9-6-3)73-71(80)65(76)59-56-53-50-47-44-41-39-37-29-27-25-23-20-17-14-11-8-5-2/h16,19,24,26,30-31,33-34,55,58,63-66,68-70,72,74-76,78-79H,4-15,17-18,20-23,25,27-29,32,35-54,56-57,59-62H2,1-3H3,(H,73,80)/b19-16-,26-24-,31-30-,34-33-,58-55+. The monoisotopic (exact) mass is 1170 g/mol. The molecule has 0 aliphatic carbocycles. The summed E-state index contributed by atoms with van der Waals surface area (Å²) in [6.07, 6.45) is 65.4. The Morgan fingerprint density at radius 3 is 1.27 bits per heavy atom. The summed E-state index contributed by atoms with van der Waals surface area (Å²) in [5.74, 6) is -1.19. The van der Waals surface area contributed by atoms with Crippen LogP contribution in [0.1, 0.15) is 323 Å². The van der Waals surface area contributed by atoms with Crippen molar-refractivity contribution in [1.29, 1.82) is 0 Å². The molecule has 11 nitrogen and oxygen atoms in total. The molecule has 83 heavy (non-hydrogen) atoms. The average molecular weight is 1170 g/mol. The highest BCUT2D eigenvalue weighted by Gasteiger charge is 2.47. The molecule has 0 radical (unpaired) electrons. The molecule has 1 amide bonds. The summed E-state index contributed by atoms with van der Waals surface area (Å²) >= 11 is 0. The van der Waals surface area contributed by atoms with Crippen LogP contribution in [0.4, 0.5) is 0 Å². The minimum Gasteiger partial charge on any atom is -0.454 e. The first-order chi connectivity index (χ1) is 40.7. The van der Waals surface area contributed by atoms with E-state index in [0.717, 1.165) is 89.9 Å². The maximum Gasteiger partial charge on any atom is 0.306 e. The van der Waals surface area contributed by atoms with Crippen molar-refractivity contribution in [3.05, 3.63) is 60.8 Å². The third-order valence-electron chi connectivity index (χ3n) is 16.4. The summed E-state index contributed by atoms with van der Waals surface area (Å²) in [5.41, 5.74) is 0. The molecule has 11 heteroatoms. The SMILES string of the molecule is CCCCC/C=C\C/C=C\C/C=C\C/C=C\CCCCCCCCCCCC(=O)OC1C(OCC(NC(=O)C(O)CCCCCCCCCCCCCCCCCCCC)C(O)/C=C/CCCCCCCCCCC)OC(CO)C(O)C1O. The van der Waals surface area contributed by atoms with Crippen molar-refractivity contribution in [2.45, 2.75) is 372 Å². The molecule has 0 saturated carbocycles. The lowest BCUT2D eigenvalue weighted by atomic mass is 9.99. The zero-order valence-corrected chi connectivity index (χ0v) is 53.8. The molecule has 484 valence electrons. The molecule has 1 saturated heterocycles. The highest BCUT2D eigenvalue weighted by Crippen LogP contribution is 2.26. The van der Waals surface area contributed by atoms with Gasteiger partial charge in [-0.2, -0.15) is 0 Å². The summed E-state index contributed by atoms with van der Waals surface area (Å²) in [7, 11) is 0. The van der Waals surface area contributed by atoms with Crippen LogP contribution in [0.5, 0.6) is 0 Å². The van der Waals surface area contributed by atoms with Crippen LogP contribution in [-0.2, 0) is 23.8 Å². The lowest BCUT2D eigenvalue weighted by Gasteiger charge is -2.41. The first-order valence-electron chi connectivity index (χ1n) is 35.1. The van der Waals surface area contributed by atoms with E-state index < -0.39 is 67.4 Å². The van der Waals surface area contributed by atoms with Crippen LogP contribution in [-0.4, -0.2) is 99.6 Å². The van der Waals surface area contributed by atoms with E-state index in [4.69, 9.17) is 14.2 Å². The van der Waals surface area contributed by atoms with E-state index in [2.05, 4.69) is 74.7 Å². The molecule has 1 heterocycles. The van der Waals surface area contributed by atoms with Gasteiger partial charge in [0.1, 0.15) is 24.4 Å². The molecular formula is C72H131NO10. The number of unbranched alkanes of at least 4 members (excludes halogenated alkanes) is 38. The number of aliphatic hydroxyl groups is 5. The Morgan fingerprint density at radius 2 is 0.831 bits per heavy atom. The van der Waals surface area contributed by atoms with Gasteiger partial charge in [0.2, 0.25) is 5.91 Å². The van der Waals surface area contributed by atoms with Gasteiger partial charge in [0.05, 0.1) is 25.4 Å². The van der Waals surface area contributed by atoms with Crippen LogP contribution >= 0.6 is 0 Å². The van der Waals surface area contributed by atoms with Gasteiger partial charge in [0.25, 0.3) is 0 Å². The maximum absolute atomic E-state index is 13.5. The molecule has 1 aliphatic heterocycles. The highest BCUT2D eigenvalue weighted by atomic mass is 16.7. The molecule has 8 atom stereocenters. The molecule has 6 N–H and O–H groups in total. The fraction of sp³-hybridized carbons (Fsp3) is 0.833. The summed E-state index contributed by atoms with van der Waals surface area (Å²) in [4.78, 5) is 26.6. The van der Waals surface area contributed by atoms with E-state index in [1.165, 1.54) is 186 Å². The Kier molecular flexibility index (Phi) is 56.4. The lowest BCUT2D eigenvalue weighted by Crippen LogP contribution is -2.61. The summed E-state index contributed by atoms with van der Waals surface area (Å²) in [5, 5.41) is 57.2. The van der Waals surface area contributed by atoms with Crippen LogP contribution in [0.2, 0.25) is 0 Å². The number of esters is 1. The lowest BCUT2D eigenvalue weighted by molar-refractivity contribution is -0.305. The van der Waals surface area contributed by atoms with E-state index >= 15 is 0 Å². The predicted octanol–water partition coefficient (Wildman–Crippen LogP) is 17.7. The van der Waals surface area contributed by atoms with Crippen molar-refractivity contribution in [2.75, 3.05) is 13.2 Å². The highest BCUT2D eigenvalue weighted by molar-refractivity contribution is 5.80. The molecule has 0 aromatic carbocycles. The second-order valence-corrected chi connectivity index (χ2v) is 24.3. The number of carbonyl (C=O) groups excluding carboxylic acids is 2. The van der Waals surface area contributed by atoms with Gasteiger partial charge in [-0.25, -0.2) is 0 Å². The van der Waals surface area contributed by atoms with Gasteiger partial charge in [0.15, 0.2) is 12.4 Å². The van der Waals surface area contributed by atoms with Gasteiger partial charge >= 0.3 is 5.97 Å². The molecule has 0 bridgehead atoms. The van der Waals surface area contributed by atoms with Crippen LogP contribution in [0.15, 0.2) is 60.8 Å².